The largest absolute Gasteiger partial charge is 0.316 e. The highest BCUT2D eigenvalue weighted by molar-refractivity contribution is 5.11. The van der Waals surface area contributed by atoms with Crippen LogP contribution in [0.4, 0.5) is 0 Å². The molecule has 0 saturated carbocycles. The van der Waals surface area contributed by atoms with Crippen LogP contribution in [0.5, 0.6) is 0 Å². The number of hydrogen-bond donors (Lipinski definition) is 1. The zero-order valence-corrected chi connectivity index (χ0v) is 12.3. The van der Waals surface area contributed by atoms with Crippen LogP contribution in [0, 0.1) is 5.92 Å². The summed E-state index contributed by atoms with van der Waals surface area (Å²) in [5.41, 5.74) is 1.20. The van der Waals surface area contributed by atoms with Crippen LogP contribution in [-0.4, -0.2) is 18.1 Å². The number of pyridine rings is 1. The zero-order valence-electron chi connectivity index (χ0n) is 12.3. The molecule has 0 aromatic carbocycles. The van der Waals surface area contributed by atoms with Gasteiger partial charge in [0.1, 0.15) is 0 Å². The van der Waals surface area contributed by atoms with Gasteiger partial charge in [-0.1, -0.05) is 39.7 Å². The van der Waals surface area contributed by atoms with E-state index in [1.54, 1.807) is 0 Å². The lowest BCUT2D eigenvalue weighted by Crippen LogP contribution is -2.38. The summed E-state index contributed by atoms with van der Waals surface area (Å²) in [6.07, 6.45) is 7.02. The molecule has 0 fully saturated rings. The molecule has 1 aromatic rings. The number of hydrogen-bond acceptors (Lipinski definition) is 2. The second kappa shape index (κ2) is 8.25. The van der Waals surface area contributed by atoms with Crippen LogP contribution in [0.3, 0.4) is 0 Å². The van der Waals surface area contributed by atoms with Crippen LogP contribution >= 0.6 is 0 Å². The first-order chi connectivity index (χ1) is 8.74. The topological polar surface area (TPSA) is 24.9 Å². The van der Waals surface area contributed by atoms with E-state index in [1.165, 1.54) is 31.4 Å². The van der Waals surface area contributed by atoms with E-state index in [4.69, 9.17) is 0 Å². The fourth-order valence-corrected chi connectivity index (χ4v) is 2.97. The van der Waals surface area contributed by atoms with Crippen LogP contribution in [0.15, 0.2) is 24.4 Å². The lowest BCUT2D eigenvalue weighted by molar-refractivity contribution is 0.291. The van der Waals surface area contributed by atoms with Crippen LogP contribution in [0.25, 0.3) is 0 Å². The molecule has 0 bridgehead atoms. The Morgan fingerprint density at radius 3 is 2.28 bits per heavy atom. The summed E-state index contributed by atoms with van der Waals surface area (Å²) >= 11 is 0. The van der Waals surface area contributed by atoms with Gasteiger partial charge in [-0.3, -0.25) is 4.98 Å². The van der Waals surface area contributed by atoms with Crippen LogP contribution in [0.1, 0.15) is 58.1 Å². The Morgan fingerprint density at radius 1 is 1.17 bits per heavy atom. The summed E-state index contributed by atoms with van der Waals surface area (Å²) in [4.78, 5) is 4.51. The molecule has 2 heteroatoms. The summed E-state index contributed by atoms with van der Waals surface area (Å²) in [5.74, 6) is 1.22. The molecule has 0 aliphatic heterocycles. The highest BCUT2D eigenvalue weighted by atomic mass is 14.9. The van der Waals surface area contributed by atoms with E-state index in [1.807, 2.05) is 12.3 Å². The van der Waals surface area contributed by atoms with Gasteiger partial charge in [-0.15, -0.1) is 0 Å². The predicted octanol–water partition coefficient (Wildman–Crippen LogP) is 3.99. The fourth-order valence-electron chi connectivity index (χ4n) is 2.97. The molecule has 0 spiro atoms. The monoisotopic (exact) mass is 248 g/mol. The second-order valence-electron chi connectivity index (χ2n) is 5.20. The normalized spacial score (nSPS) is 14.7. The Morgan fingerprint density at radius 2 is 1.83 bits per heavy atom. The van der Waals surface area contributed by atoms with E-state index in [0.29, 0.717) is 12.0 Å². The first kappa shape index (κ1) is 15.2. The number of nitrogens with zero attached hydrogens (tertiary/aromatic N) is 1. The standard InChI is InChI=1S/C16H28N2/c1-5-9-14(10-6-2)16(17-4)13(3)15-11-7-8-12-18-15/h7-8,11-14,16-17H,5-6,9-10H2,1-4H3. The van der Waals surface area contributed by atoms with E-state index in [9.17, 15) is 0 Å². The molecule has 0 aliphatic rings. The molecule has 0 radical (unpaired) electrons. The molecule has 1 rings (SSSR count). The molecule has 1 heterocycles. The Labute approximate surface area is 112 Å². The quantitative estimate of drug-likeness (QED) is 0.752. The minimum atomic E-state index is 0.472. The molecule has 1 aromatic heterocycles. The third-order valence-electron chi connectivity index (χ3n) is 3.85. The lowest BCUT2D eigenvalue weighted by atomic mass is 9.82. The van der Waals surface area contributed by atoms with Gasteiger partial charge in [-0.05, 0) is 37.9 Å². The number of likely N-dealkylation sites (N-methyl/N-ethyl adjacent to an activating group) is 1. The van der Waals surface area contributed by atoms with Gasteiger partial charge < -0.3 is 5.32 Å². The maximum atomic E-state index is 4.51. The molecule has 2 unspecified atom stereocenters. The van der Waals surface area contributed by atoms with Crippen LogP contribution in [0.2, 0.25) is 0 Å². The highest BCUT2D eigenvalue weighted by Crippen LogP contribution is 2.28. The molecular weight excluding hydrogens is 220 g/mol. The molecule has 0 aliphatic carbocycles. The van der Waals surface area contributed by atoms with Crippen molar-refractivity contribution in [2.75, 3.05) is 7.05 Å². The molecule has 1 N–H and O–H groups in total. The average molecular weight is 248 g/mol. The van der Waals surface area contributed by atoms with Crippen LogP contribution in [-0.2, 0) is 0 Å². The Kier molecular flexibility index (Phi) is 6.96. The summed E-state index contributed by atoms with van der Waals surface area (Å²) in [6, 6.07) is 6.74. The zero-order chi connectivity index (χ0) is 13.4. The molecule has 0 saturated heterocycles. The second-order valence-corrected chi connectivity index (χ2v) is 5.20. The summed E-state index contributed by atoms with van der Waals surface area (Å²) < 4.78 is 0. The van der Waals surface area contributed by atoms with Gasteiger partial charge >= 0.3 is 0 Å². The van der Waals surface area contributed by atoms with Crippen molar-refractivity contribution in [2.45, 2.75) is 58.4 Å². The first-order valence-electron chi connectivity index (χ1n) is 7.32. The van der Waals surface area contributed by atoms with E-state index in [0.717, 1.165) is 5.92 Å². The lowest BCUT2D eigenvalue weighted by Gasteiger charge is -2.31. The van der Waals surface area contributed by atoms with Crippen LogP contribution < -0.4 is 5.32 Å². The van der Waals surface area contributed by atoms with Crippen molar-refractivity contribution < 1.29 is 0 Å². The van der Waals surface area contributed by atoms with E-state index in [2.05, 4.69) is 50.3 Å². The fraction of sp³-hybridized carbons (Fsp3) is 0.688. The van der Waals surface area contributed by atoms with Gasteiger partial charge in [-0.25, -0.2) is 0 Å². The highest BCUT2D eigenvalue weighted by Gasteiger charge is 2.25. The van der Waals surface area contributed by atoms with Gasteiger partial charge in [0.15, 0.2) is 0 Å². The van der Waals surface area contributed by atoms with E-state index < -0.39 is 0 Å². The Hall–Kier alpha value is -0.890. The smallest absolute Gasteiger partial charge is 0.0447 e. The minimum absolute atomic E-state index is 0.472. The molecule has 2 nitrogen and oxygen atoms in total. The van der Waals surface area contributed by atoms with Crippen molar-refractivity contribution in [3.05, 3.63) is 30.1 Å². The summed E-state index contributed by atoms with van der Waals surface area (Å²) in [7, 11) is 2.09. The maximum absolute atomic E-state index is 4.51. The van der Waals surface area contributed by atoms with Gasteiger partial charge in [0.05, 0.1) is 0 Å². The third kappa shape index (κ3) is 4.09. The Balaban J connectivity index is 2.79. The first-order valence-corrected chi connectivity index (χ1v) is 7.32. The van der Waals surface area contributed by atoms with E-state index >= 15 is 0 Å². The van der Waals surface area contributed by atoms with Crippen molar-refractivity contribution in [2.24, 2.45) is 5.92 Å². The molecule has 102 valence electrons. The molecular formula is C16H28N2. The third-order valence-corrected chi connectivity index (χ3v) is 3.85. The van der Waals surface area contributed by atoms with Crippen molar-refractivity contribution in [3.63, 3.8) is 0 Å². The van der Waals surface area contributed by atoms with Gasteiger partial charge in [0, 0.05) is 23.9 Å². The Bertz CT molecular complexity index is 304. The van der Waals surface area contributed by atoms with Crippen molar-refractivity contribution >= 4 is 0 Å². The molecule has 18 heavy (non-hydrogen) atoms. The van der Waals surface area contributed by atoms with Crippen molar-refractivity contribution in [1.29, 1.82) is 0 Å². The number of rotatable bonds is 8. The molecule has 2 atom stereocenters. The van der Waals surface area contributed by atoms with Gasteiger partial charge in [0.2, 0.25) is 0 Å². The van der Waals surface area contributed by atoms with Crippen molar-refractivity contribution in [1.82, 2.24) is 10.3 Å². The SMILES string of the molecule is CCCC(CCC)C(NC)C(C)c1ccccn1. The maximum Gasteiger partial charge on any atom is 0.0447 e. The van der Waals surface area contributed by atoms with Gasteiger partial charge in [-0.2, -0.15) is 0 Å². The summed E-state index contributed by atoms with van der Waals surface area (Å²) in [6.45, 7) is 6.85. The van der Waals surface area contributed by atoms with Crippen molar-refractivity contribution in [3.8, 4) is 0 Å². The number of aromatic nitrogens is 1. The molecule has 0 amide bonds. The van der Waals surface area contributed by atoms with E-state index in [-0.39, 0.29) is 0 Å². The average Bonchev–Trinajstić information content (AvgIpc) is 2.41. The van der Waals surface area contributed by atoms with Gasteiger partial charge in [0.25, 0.3) is 0 Å². The predicted molar refractivity (Wildman–Crippen MR) is 78.8 cm³/mol. The minimum Gasteiger partial charge on any atom is -0.316 e. The number of nitrogens with one attached hydrogen (secondary N) is 1. The summed E-state index contributed by atoms with van der Waals surface area (Å²) in [5, 5.41) is 3.53.